The maximum absolute atomic E-state index is 11.9. The second-order valence-electron chi connectivity index (χ2n) is 4.06. The Labute approximate surface area is 107 Å². The van der Waals surface area contributed by atoms with Gasteiger partial charge in [-0.15, -0.1) is 0 Å². The summed E-state index contributed by atoms with van der Waals surface area (Å²) in [6.07, 6.45) is 0.830. The third-order valence-corrected chi connectivity index (χ3v) is 2.74. The third kappa shape index (κ3) is 3.92. The van der Waals surface area contributed by atoms with Gasteiger partial charge in [0.2, 0.25) is 0 Å². The van der Waals surface area contributed by atoms with E-state index < -0.39 is 0 Å². The summed E-state index contributed by atoms with van der Waals surface area (Å²) in [5.41, 5.74) is 6.53. The van der Waals surface area contributed by atoms with E-state index >= 15 is 0 Å². The van der Waals surface area contributed by atoms with Crippen molar-refractivity contribution in [2.24, 2.45) is 0 Å². The summed E-state index contributed by atoms with van der Waals surface area (Å²) in [5, 5.41) is 12.1. The van der Waals surface area contributed by atoms with Crippen LogP contribution >= 0.6 is 0 Å². The number of rotatable bonds is 6. The van der Waals surface area contributed by atoms with Crippen LogP contribution in [0.4, 0.5) is 5.69 Å². The van der Waals surface area contributed by atoms with Crippen LogP contribution in [-0.2, 0) is 0 Å². The number of hydrogen-bond donors (Lipinski definition) is 3. The van der Waals surface area contributed by atoms with Crippen molar-refractivity contribution in [3.8, 4) is 5.75 Å². The number of benzene rings is 1. The molecule has 0 spiro atoms. The predicted octanol–water partition coefficient (Wildman–Crippen LogP) is 1.17. The molecular formula is C13H20N2O3. The summed E-state index contributed by atoms with van der Waals surface area (Å²) in [6, 6.07) is 4.93. The fourth-order valence-electron chi connectivity index (χ4n) is 1.51. The Morgan fingerprint density at radius 3 is 2.89 bits per heavy atom. The topological polar surface area (TPSA) is 84.6 Å². The van der Waals surface area contributed by atoms with Crippen molar-refractivity contribution in [3.63, 3.8) is 0 Å². The lowest BCUT2D eigenvalue weighted by atomic mass is 10.1. The SMILES string of the molecule is CCC(O)CCNC(=O)c1cc(OC)ccc1N. The molecule has 5 nitrogen and oxygen atoms in total. The van der Waals surface area contributed by atoms with Crippen LogP contribution in [0.2, 0.25) is 0 Å². The highest BCUT2D eigenvalue weighted by Gasteiger charge is 2.11. The molecule has 0 fully saturated rings. The first-order chi connectivity index (χ1) is 8.58. The van der Waals surface area contributed by atoms with E-state index in [9.17, 15) is 9.90 Å². The van der Waals surface area contributed by atoms with Gasteiger partial charge in [0.25, 0.3) is 5.91 Å². The first kappa shape index (κ1) is 14.3. The lowest BCUT2D eigenvalue weighted by Crippen LogP contribution is -2.27. The number of aliphatic hydroxyl groups is 1. The zero-order valence-corrected chi connectivity index (χ0v) is 10.8. The van der Waals surface area contributed by atoms with Gasteiger partial charge >= 0.3 is 0 Å². The second kappa shape index (κ2) is 6.86. The molecule has 4 N–H and O–H groups in total. The molecule has 100 valence electrons. The van der Waals surface area contributed by atoms with Crippen LogP contribution in [-0.4, -0.2) is 30.8 Å². The largest absolute Gasteiger partial charge is 0.497 e. The predicted molar refractivity (Wildman–Crippen MR) is 70.7 cm³/mol. The smallest absolute Gasteiger partial charge is 0.253 e. The zero-order chi connectivity index (χ0) is 13.5. The molecule has 18 heavy (non-hydrogen) atoms. The quantitative estimate of drug-likeness (QED) is 0.663. The molecule has 0 saturated heterocycles. The normalized spacial score (nSPS) is 11.9. The zero-order valence-electron chi connectivity index (χ0n) is 10.8. The fourth-order valence-corrected chi connectivity index (χ4v) is 1.51. The van der Waals surface area contributed by atoms with Crippen molar-refractivity contribution in [3.05, 3.63) is 23.8 Å². The van der Waals surface area contributed by atoms with Crippen LogP contribution in [0.5, 0.6) is 5.75 Å². The van der Waals surface area contributed by atoms with E-state index in [0.29, 0.717) is 36.4 Å². The average molecular weight is 252 g/mol. The van der Waals surface area contributed by atoms with E-state index in [1.165, 1.54) is 7.11 Å². The Hall–Kier alpha value is -1.75. The molecule has 5 heteroatoms. The molecule has 0 aliphatic rings. The summed E-state index contributed by atoms with van der Waals surface area (Å²) in [7, 11) is 1.53. The molecule has 1 rings (SSSR count). The van der Waals surface area contributed by atoms with Crippen molar-refractivity contribution in [1.29, 1.82) is 0 Å². The second-order valence-corrected chi connectivity index (χ2v) is 4.06. The highest BCUT2D eigenvalue weighted by Crippen LogP contribution is 2.19. The molecule has 0 radical (unpaired) electrons. The number of amides is 1. The molecule has 0 bridgehead atoms. The van der Waals surface area contributed by atoms with Crippen LogP contribution in [0.15, 0.2) is 18.2 Å². The van der Waals surface area contributed by atoms with Crippen LogP contribution < -0.4 is 15.8 Å². The van der Waals surface area contributed by atoms with Gasteiger partial charge < -0.3 is 20.9 Å². The number of ether oxygens (including phenoxy) is 1. The fraction of sp³-hybridized carbons (Fsp3) is 0.462. The van der Waals surface area contributed by atoms with Crippen molar-refractivity contribution in [2.45, 2.75) is 25.9 Å². The van der Waals surface area contributed by atoms with Crippen molar-refractivity contribution < 1.29 is 14.6 Å². The highest BCUT2D eigenvalue weighted by molar-refractivity contribution is 5.99. The van der Waals surface area contributed by atoms with Gasteiger partial charge in [-0.05, 0) is 31.0 Å². The Morgan fingerprint density at radius 2 is 2.28 bits per heavy atom. The molecule has 1 amide bonds. The van der Waals surface area contributed by atoms with Gasteiger partial charge in [-0.1, -0.05) is 6.92 Å². The first-order valence-corrected chi connectivity index (χ1v) is 5.98. The van der Waals surface area contributed by atoms with Gasteiger partial charge in [0.1, 0.15) is 5.75 Å². The number of anilines is 1. The van der Waals surface area contributed by atoms with E-state index in [2.05, 4.69) is 5.32 Å². The maximum atomic E-state index is 11.9. The number of carbonyl (C=O) groups excluding carboxylic acids is 1. The molecule has 0 aliphatic heterocycles. The van der Waals surface area contributed by atoms with E-state index in [4.69, 9.17) is 10.5 Å². The number of aliphatic hydroxyl groups excluding tert-OH is 1. The number of nitrogens with one attached hydrogen (secondary N) is 1. The number of nitrogens with two attached hydrogens (primary N) is 1. The summed E-state index contributed by atoms with van der Waals surface area (Å²) < 4.78 is 5.04. The lowest BCUT2D eigenvalue weighted by Gasteiger charge is -2.11. The van der Waals surface area contributed by atoms with Gasteiger partial charge in [-0.2, -0.15) is 0 Å². The molecule has 1 aromatic carbocycles. The van der Waals surface area contributed by atoms with Gasteiger partial charge in [-0.3, -0.25) is 4.79 Å². The molecule has 0 saturated carbocycles. The van der Waals surface area contributed by atoms with Crippen LogP contribution in [0, 0.1) is 0 Å². The van der Waals surface area contributed by atoms with Crippen LogP contribution in [0.25, 0.3) is 0 Å². The van der Waals surface area contributed by atoms with Gasteiger partial charge in [0, 0.05) is 12.2 Å². The van der Waals surface area contributed by atoms with Crippen molar-refractivity contribution in [2.75, 3.05) is 19.4 Å². The van der Waals surface area contributed by atoms with Crippen LogP contribution in [0.3, 0.4) is 0 Å². The van der Waals surface area contributed by atoms with Gasteiger partial charge in [-0.25, -0.2) is 0 Å². The Kier molecular flexibility index (Phi) is 5.45. The summed E-state index contributed by atoms with van der Waals surface area (Å²) in [5.74, 6) is 0.331. The molecule has 0 heterocycles. The molecule has 0 aliphatic carbocycles. The highest BCUT2D eigenvalue weighted by atomic mass is 16.5. The third-order valence-electron chi connectivity index (χ3n) is 2.74. The number of carbonyl (C=O) groups is 1. The number of methoxy groups -OCH3 is 1. The van der Waals surface area contributed by atoms with Gasteiger partial charge in [0.05, 0.1) is 18.8 Å². The molecule has 1 unspecified atom stereocenters. The maximum Gasteiger partial charge on any atom is 0.253 e. The van der Waals surface area contributed by atoms with Crippen molar-refractivity contribution in [1.82, 2.24) is 5.32 Å². The summed E-state index contributed by atoms with van der Waals surface area (Å²) >= 11 is 0. The molecule has 0 aromatic heterocycles. The Balaban J connectivity index is 2.61. The minimum absolute atomic E-state index is 0.255. The van der Waals surface area contributed by atoms with E-state index in [1.54, 1.807) is 18.2 Å². The molecular weight excluding hydrogens is 232 g/mol. The molecule has 1 aromatic rings. The minimum Gasteiger partial charge on any atom is -0.497 e. The molecule has 1 atom stereocenters. The van der Waals surface area contributed by atoms with E-state index in [0.717, 1.165) is 0 Å². The lowest BCUT2D eigenvalue weighted by molar-refractivity contribution is 0.0942. The number of nitrogen functional groups attached to an aromatic ring is 1. The summed E-state index contributed by atoms with van der Waals surface area (Å²) in [4.78, 5) is 11.9. The monoisotopic (exact) mass is 252 g/mol. The average Bonchev–Trinajstić information content (AvgIpc) is 2.38. The first-order valence-electron chi connectivity index (χ1n) is 5.98. The Bertz CT molecular complexity index is 407. The van der Waals surface area contributed by atoms with Crippen molar-refractivity contribution >= 4 is 11.6 Å². The minimum atomic E-state index is -0.382. The van der Waals surface area contributed by atoms with Gasteiger partial charge in [0.15, 0.2) is 0 Å². The van der Waals surface area contributed by atoms with E-state index in [1.807, 2.05) is 6.92 Å². The standard InChI is InChI=1S/C13H20N2O3/c1-3-9(16)6-7-15-13(17)11-8-10(18-2)4-5-12(11)14/h4-5,8-9,16H,3,6-7,14H2,1-2H3,(H,15,17). The van der Waals surface area contributed by atoms with E-state index in [-0.39, 0.29) is 12.0 Å². The Morgan fingerprint density at radius 1 is 1.56 bits per heavy atom. The summed E-state index contributed by atoms with van der Waals surface area (Å²) in [6.45, 7) is 2.32. The number of hydrogen-bond acceptors (Lipinski definition) is 4. The van der Waals surface area contributed by atoms with Crippen LogP contribution in [0.1, 0.15) is 30.1 Å².